The molecule has 6 heteroatoms. The Morgan fingerprint density at radius 2 is 2.37 bits per heavy atom. The van der Waals surface area contributed by atoms with E-state index in [-0.39, 0.29) is 6.10 Å². The van der Waals surface area contributed by atoms with Gasteiger partial charge in [-0.3, -0.25) is 0 Å². The highest BCUT2D eigenvalue weighted by Gasteiger charge is 2.26. The molecule has 0 aromatic carbocycles. The summed E-state index contributed by atoms with van der Waals surface area (Å²) in [5.74, 6) is 1.86. The van der Waals surface area contributed by atoms with E-state index in [2.05, 4.69) is 50.0 Å². The lowest BCUT2D eigenvalue weighted by molar-refractivity contribution is 0.102. The zero-order valence-corrected chi connectivity index (χ0v) is 13.0. The maximum Gasteiger partial charge on any atom is 0.224 e. The van der Waals surface area contributed by atoms with Crippen molar-refractivity contribution < 1.29 is 5.11 Å². The van der Waals surface area contributed by atoms with Crippen molar-refractivity contribution in [3.8, 4) is 0 Å². The first-order valence-electron chi connectivity index (χ1n) is 6.81. The van der Waals surface area contributed by atoms with Crippen molar-refractivity contribution in [2.75, 3.05) is 29.9 Å². The molecule has 2 unspecified atom stereocenters. The van der Waals surface area contributed by atoms with Gasteiger partial charge in [0.05, 0.1) is 10.6 Å². The molecule has 1 aliphatic rings. The topological polar surface area (TPSA) is 61.3 Å². The van der Waals surface area contributed by atoms with Gasteiger partial charge in [0.25, 0.3) is 0 Å². The molecule has 1 aromatic heterocycles. The van der Waals surface area contributed by atoms with E-state index in [1.54, 1.807) is 6.20 Å². The van der Waals surface area contributed by atoms with Crippen LogP contribution in [0.4, 0.5) is 11.8 Å². The van der Waals surface area contributed by atoms with Gasteiger partial charge in [-0.1, -0.05) is 13.8 Å². The average molecular weight is 329 g/mol. The average Bonchev–Trinajstić information content (AvgIpc) is 2.41. The maximum absolute atomic E-state index is 10.00. The van der Waals surface area contributed by atoms with Crippen molar-refractivity contribution in [3.05, 3.63) is 10.7 Å². The number of nitrogens with one attached hydrogen (secondary N) is 1. The smallest absolute Gasteiger partial charge is 0.224 e. The Bertz CT molecular complexity index is 429. The second-order valence-corrected chi connectivity index (χ2v) is 5.93. The second-order valence-electron chi connectivity index (χ2n) is 5.07. The van der Waals surface area contributed by atoms with Gasteiger partial charge in [0, 0.05) is 25.8 Å². The number of piperidine rings is 1. The summed E-state index contributed by atoms with van der Waals surface area (Å²) in [4.78, 5) is 10.9. The molecule has 5 nitrogen and oxygen atoms in total. The van der Waals surface area contributed by atoms with E-state index >= 15 is 0 Å². The standard InChI is InChI=1S/C13H21BrN4O/c1-3-5-15-13-16-7-10(14)12(17-13)18-6-4-9(2)11(19)8-18/h7,9,11,19H,3-6,8H2,1-2H3,(H,15,16,17). The van der Waals surface area contributed by atoms with Gasteiger partial charge in [0.1, 0.15) is 5.82 Å². The monoisotopic (exact) mass is 328 g/mol. The van der Waals surface area contributed by atoms with Gasteiger partial charge in [0.15, 0.2) is 0 Å². The van der Waals surface area contributed by atoms with Crippen molar-refractivity contribution in [1.29, 1.82) is 0 Å². The van der Waals surface area contributed by atoms with Gasteiger partial charge in [-0.2, -0.15) is 4.98 Å². The second kappa shape index (κ2) is 6.52. The first-order chi connectivity index (χ1) is 9.11. The van der Waals surface area contributed by atoms with Crippen LogP contribution in [0, 0.1) is 5.92 Å². The number of aliphatic hydroxyl groups is 1. The molecule has 0 amide bonds. The van der Waals surface area contributed by atoms with Crippen molar-refractivity contribution in [2.45, 2.75) is 32.8 Å². The molecule has 1 saturated heterocycles. The zero-order chi connectivity index (χ0) is 13.8. The van der Waals surface area contributed by atoms with Crippen LogP contribution in [0.15, 0.2) is 10.7 Å². The zero-order valence-electron chi connectivity index (χ0n) is 11.4. The fourth-order valence-electron chi connectivity index (χ4n) is 2.14. The van der Waals surface area contributed by atoms with Crippen LogP contribution in [-0.4, -0.2) is 40.8 Å². The Labute approximate surface area is 122 Å². The maximum atomic E-state index is 10.00. The number of nitrogens with zero attached hydrogens (tertiary/aromatic N) is 3. The van der Waals surface area contributed by atoms with Gasteiger partial charge in [-0.15, -0.1) is 0 Å². The van der Waals surface area contributed by atoms with Gasteiger partial charge >= 0.3 is 0 Å². The summed E-state index contributed by atoms with van der Waals surface area (Å²) >= 11 is 3.49. The molecule has 2 N–H and O–H groups in total. The van der Waals surface area contributed by atoms with Crippen LogP contribution in [0.25, 0.3) is 0 Å². The van der Waals surface area contributed by atoms with E-state index in [9.17, 15) is 5.11 Å². The van der Waals surface area contributed by atoms with E-state index in [0.717, 1.165) is 36.2 Å². The first kappa shape index (κ1) is 14.5. The highest BCUT2D eigenvalue weighted by Crippen LogP contribution is 2.28. The number of anilines is 2. The lowest BCUT2D eigenvalue weighted by Crippen LogP contribution is -2.43. The number of halogens is 1. The van der Waals surface area contributed by atoms with Gasteiger partial charge in [-0.25, -0.2) is 4.98 Å². The molecular weight excluding hydrogens is 308 g/mol. The number of hydrogen-bond acceptors (Lipinski definition) is 5. The number of hydrogen-bond donors (Lipinski definition) is 2. The molecular formula is C13H21BrN4O. The predicted octanol–water partition coefficient (Wildman–Crippen LogP) is 2.27. The van der Waals surface area contributed by atoms with Crippen LogP contribution >= 0.6 is 15.9 Å². The highest BCUT2D eigenvalue weighted by molar-refractivity contribution is 9.10. The normalized spacial score (nSPS) is 23.5. The Balaban J connectivity index is 2.14. The summed E-state index contributed by atoms with van der Waals surface area (Å²) in [6.45, 7) is 6.60. The third-order valence-electron chi connectivity index (χ3n) is 3.48. The minimum Gasteiger partial charge on any atom is -0.391 e. The van der Waals surface area contributed by atoms with Gasteiger partial charge in [0.2, 0.25) is 5.95 Å². The molecule has 0 aliphatic carbocycles. The molecule has 2 rings (SSSR count). The van der Waals surface area contributed by atoms with Crippen LogP contribution in [-0.2, 0) is 0 Å². The molecule has 0 spiro atoms. The summed E-state index contributed by atoms with van der Waals surface area (Å²) < 4.78 is 0.872. The fourth-order valence-corrected chi connectivity index (χ4v) is 2.58. The minimum absolute atomic E-state index is 0.289. The molecule has 1 aliphatic heterocycles. The van der Waals surface area contributed by atoms with Crippen LogP contribution in [0.1, 0.15) is 26.7 Å². The first-order valence-corrected chi connectivity index (χ1v) is 7.60. The van der Waals surface area contributed by atoms with E-state index in [0.29, 0.717) is 18.4 Å². The molecule has 2 atom stereocenters. The van der Waals surface area contributed by atoms with Crippen LogP contribution in [0.3, 0.4) is 0 Å². The number of aromatic nitrogens is 2. The third kappa shape index (κ3) is 3.57. The predicted molar refractivity (Wildman–Crippen MR) is 80.5 cm³/mol. The van der Waals surface area contributed by atoms with Crippen LogP contribution in [0.5, 0.6) is 0 Å². The Kier molecular flexibility index (Phi) is 4.99. The molecule has 106 valence electrons. The molecule has 1 fully saturated rings. The van der Waals surface area contributed by atoms with Crippen molar-refractivity contribution in [1.82, 2.24) is 9.97 Å². The molecule has 19 heavy (non-hydrogen) atoms. The fraction of sp³-hybridized carbons (Fsp3) is 0.692. The minimum atomic E-state index is -0.289. The molecule has 0 saturated carbocycles. The van der Waals surface area contributed by atoms with Gasteiger partial charge in [-0.05, 0) is 34.7 Å². The number of rotatable bonds is 4. The lowest BCUT2D eigenvalue weighted by Gasteiger charge is -2.35. The van der Waals surface area contributed by atoms with E-state index < -0.39 is 0 Å². The van der Waals surface area contributed by atoms with E-state index in [1.165, 1.54) is 0 Å². The van der Waals surface area contributed by atoms with E-state index in [4.69, 9.17) is 0 Å². The Morgan fingerprint density at radius 1 is 1.58 bits per heavy atom. The summed E-state index contributed by atoms with van der Waals surface area (Å²) in [5.41, 5.74) is 0. The molecule has 2 heterocycles. The SMILES string of the molecule is CCCNc1ncc(Br)c(N2CCC(C)C(O)C2)n1. The summed E-state index contributed by atoms with van der Waals surface area (Å²) in [5, 5.41) is 13.2. The molecule has 0 radical (unpaired) electrons. The van der Waals surface area contributed by atoms with Crippen LogP contribution < -0.4 is 10.2 Å². The largest absolute Gasteiger partial charge is 0.391 e. The van der Waals surface area contributed by atoms with E-state index in [1.807, 2.05) is 0 Å². The number of β-amino-alcohol motifs (C(OH)–C–C–N with tert-alkyl or cyclic N) is 1. The molecule has 0 bridgehead atoms. The van der Waals surface area contributed by atoms with Crippen molar-refractivity contribution in [3.63, 3.8) is 0 Å². The summed E-state index contributed by atoms with van der Waals surface area (Å²) in [6.07, 6.45) is 3.50. The van der Waals surface area contributed by atoms with Crippen LogP contribution in [0.2, 0.25) is 0 Å². The number of aliphatic hydroxyl groups excluding tert-OH is 1. The van der Waals surface area contributed by atoms with Crippen molar-refractivity contribution >= 4 is 27.7 Å². The molecule has 1 aromatic rings. The van der Waals surface area contributed by atoms with Gasteiger partial charge < -0.3 is 15.3 Å². The highest BCUT2D eigenvalue weighted by atomic mass is 79.9. The lowest BCUT2D eigenvalue weighted by atomic mass is 9.96. The third-order valence-corrected chi connectivity index (χ3v) is 4.04. The van der Waals surface area contributed by atoms with Crippen molar-refractivity contribution in [2.24, 2.45) is 5.92 Å². The quantitative estimate of drug-likeness (QED) is 0.887. The Morgan fingerprint density at radius 3 is 3.05 bits per heavy atom. The Hall–Kier alpha value is -0.880. The summed E-state index contributed by atoms with van der Waals surface area (Å²) in [6, 6.07) is 0. The summed E-state index contributed by atoms with van der Waals surface area (Å²) in [7, 11) is 0.